The maximum Gasteiger partial charge on any atom is 0.254 e. The molecule has 0 radical (unpaired) electrons. The third kappa shape index (κ3) is 3.58. The molecule has 0 unspecified atom stereocenters. The van der Waals surface area contributed by atoms with Crippen LogP contribution in [-0.4, -0.2) is 38.7 Å². The van der Waals surface area contributed by atoms with Crippen LogP contribution in [0.3, 0.4) is 0 Å². The number of amides is 1. The molecule has 2 atom stereocenters. The Morgan fingerprint density at radius 2 is 1.96 bits per heavy atom. The number of pyridine rings is 3. The number of fused-ring (bicyclic) bond motifs is 1. The summed E-state index contributed by atoms with van der Waals surface area (Å²) in [4.78, 5) is 25.2. The van der Waals surface area contributed by atoms with E-state index in [9.17, 15) is 9.90 Å². The van der Waals surface area contributed by atoms with E-state index in [-0.39, 0.29) is 12.0 Å². The van der Waals surface area contributed by atoms with E-state index in [2.05, 4.69) is 20.3 Å². The Morgan fingerprint density at radius 3 is 2.64 bits per heavy atom. The number of aryl methyl sites for hydroxylation is 1. The van der Waals surface area contributed by atoms with E-state index < -0.39 is 6.10 Å². The topological polar surface area (TPSA) is 97.2 Å². The van der Waals surface area contributed by atoms with Crippen LogP contribution in [-0.2, 0) is 9.53 Å². The number of nitrogens with one attached hydrogen (secondary N) is 1. The van der Waals surface area contributed by atoms with Crippen LogP contribution in [0.25, 0.3) is 22.0 Å². The van der Waals surface area contributed by atoms with Crippen molar-refractivity contribution in [3.8, 4) is 11.3 Å². The molecule has 1 aliphatic rings. The van der Waals surface area contributed by atoms with Gasteiger partial charge in [-0.3, -0.25) is 14.8 Å². The van der Waals surface area contributed by atoms with Gasteiger partial charge in [-0.15, -0.1) is 0 Å². The maximum atomic E-state index is 12.0. The average molecular weight is 378 g/mol. The van der Waals surface area contributed by atoms with Crippen LogP contribution in [0.5, 0.6) is 0 Å². The van der Waals surface area contributed by atoms with Gasteiger partial charge >= 0.3 is 0 Å². The van der Waals surface area contributed by atoms with Crippen molar-refractivity contribution in [3.63, 3.8) is 0 Å². The smallest absolute Gasteiger partial charge is 0.254 e. The van der Waals surface area contributed by atoms with Crippen LogP contribution in [0.15, 0.2) is 36.8 Å². The summed E-state index contributed by atoms with van der Waals surface area (Å²) < 4.78 is 5.18. The molecular formula is C21H22N4O3. The number of anilines is 1. The highest BCUT2D eigenvalue weighted by molar-refractivity contribution is 5.96. The zero-order valence-corrected chi connectivity index (χ0v) is 15.8. The molecule has 0 saturated carbocycles. The molecule has 144 valence electrons. The zero-order valence-electron chi connectivity index (χ0n) is 15.8. The van der Waals surface area contributed by atoms with Gasteiger partial charge in [0.05, 0.1) is 24.1 Å². The second-order valence-electron chi connectivity index (χ2n) is 6.97. The number of carbonyl (C=O) groups excluding carboxylic acids is 1. The van der Waals surface area contributed by atoms with Crippen LogP contribution in [0.4, 0.5) is 5.82 Å². The number of hydrogen-bond acceptors (Lipinski definition) is 6. The maximum absolute atomic E-state index is 12.0. The molecule has 1 saturated heterocycles. The molecule has 3 aromatic heterocycles. The van der Waals surface area contributed by atoms with Crippen molar-refractivity contribution in [1.29, 1.82) is 0 Å². The fourth-order valence-electron chi connectivity index (χ4n) is 3.14. The van der Waals surface area contributed by atoms with Crippen LogP contribution < -0.4 is 5.32 Å². The molecule has 0 aliphatic carbocycles. The first-order valence-electron chi connectivity index (χ1n) is 9.38. The molecule has 1 fully saturated rings. The highest BCUT2D eigenvalue weighted by Gasteiger charge is 2.26. The van der Waals surface area contributed by atoms with Crippen molar-refractivity contribution in [2.24, 2.45) is 0 Å². The first-order chi connectivity index (χ1) is 13.5. The van der Waals surface area contributed by atoms with Gasteiger partial charge in [0.1, 0.15) is 11.9 Å². The van der Waals surface area contributed by atoms with Gasteiger partial charge < -0.3 is 15.2 Å². The Labute approximate surface area is 162 Å². The van der Waals surface area contributed by atoms with Gasteiger partial charge in [-0.05, 0) is 37.1 Å². The summed E-state index contributed by atoms with van der Waals surface area (Å²) in [6.45, 7) is 4.53. The summed E-state index contributed by atoms with van der Waals surface area (Å²) in [5.74, 6) is 0.317. The van der Waals surface area contributed by atoms with E-state index >= 15 is 0 Å². The summed E-state index contributed by atoms with van der Waals surface area (Å²) in [7, 11) is 0. The lowest BCUT2D eigenvalue weighted by atomic mass is 10.0. The Bertz CT molecular complexity index is 1030. The minimum absolute atomic E-state index is 0.168. The highest BCUT2D eigenvalue weighted by Crippen LogP contribution is 2.27. The first-order valence-corrected chi connectivity index (χ1v) is 9.38. The summed E-state index contributed by atoms with van der Waals surface area (Å²) in [5.41, 5.74) is 3.37. The SMILES string of the molecule is CC[C@H](O)c1cc(C)c(-c2cc3cnc(NC(=O)[C@@H]4CCO4)cc3cn2)cn1. The number of ether oxygens (including phenoxy) is 1. The van der Waals surface area contributed by atoms with Crippen molar-refractivity contribution in [2.45, 2.75) is 38.9 Å². The molecule has 0 aromatic carbocycles. The lowest BCUT2D eigenvalue weighted by molar-refractivity contribution is -0.139. The van der Waals surface area contributed by atoms with Gasteiger partial charge in [0.25, 0.3) is 5.91 Å². The monoisotopic (exact) mass is 378 g/mol. The van der Waals surface area contributed by atoms with E-state index in [4.69, 9.17) is 4.74 Å². The molecule has 3 aromatic rings. The van der Waals surface area contributed by atoms with Crippen LogP contribution in [0.2, 0.25) is 0 Å². The van der Waals surface area contributed by atoms with Gasteiger partial charge in [-0.1, -0.05) is 6.92 Å². The van der Waals surface area contributed by atoms with Gasteiger partial charge in [0, 0.05) is 41.3 Å². The van der Waals surface area contributed by atoms with Crippen molar-refractivity contribution >= 4 is 22.5 Å². The van der Waals surface area contributed by atoms with Crippen molar-refractivity contribution < 1.29 is 14.6 Å². The Balaban J connectivity index is 1.59. The van der Waals surface area contributed by atoms with Gasteiger partial charge in [0.2, 0.25) is 0 Å². The molecule has 1 amide bonds. The fourth-order valence-corrected chi connectivity index (χ4v) is 3.14. The third-order valence-corrected chi connectivity index (χ3v) is 4.98. The molecule has 0 bridgehead atoms. The van der Waals surface area contributed by atoms with Gasteiger partial charge in [0.15, 0.2) is 0 Å². The van der Waals surface area contributed by atoms with E-state index in [1.807, 2.05) is 26.0 Å². The van der Waals surface area contributed by atoms with Gasteiger partial charge in [-0.2, -0.15) is 0 Å². The lowest BCUT2D eigenvalue weighted by Gasteiger charge is -2.24. The number of hydrogen-bond donors (Lipinski definition) is 2. The molecule has 4 rings (SSSR count). The molecular weight excluding hydrogens is 356 g/mol. The summed E-state index contributed by atoms with van der Waals surface area (Å²) >= 11 is 0. The predicted octanol–water partition coefficient (Wildman–Crippen LogP) is 3.17. The normalized spacial score (nSPS) is 17.2. The fraction of sp³-hybridized carbons (Fsp3) is 0.333. The second kappa shape index (κ2) is 7.61. The number of aliphatic hydroxyl groups excluding tert-OH is 1. The quantitative estimate of drug-likeness (QED) is 0.708. The first kappa shape index (κ1) is 18.5. The molecule has 7 nitrogen and oxygen atoms in total. The van der Waals surface area contributed by atoms with Crippen LogP contribution in [0, 0.1) is 6.92 Å². The summed E-state index contributed by atoms with van der Waals surface area (Å²) in [5, 5.41) is 14.5. The Kier molecular flexibility index (Phi) is 5.02. The van der Waals surface area contributed by atoms with Crippen LogP contribution in [0.1, 0.15) is 37.1 Å². The minimum atomic E-state index is -0.555. The summed E-state index contributed by atoms with van der Waals surface area (Å²) in [6.07, 6.45) is 5.66. The number of aliphatic hydroxyl groups is 1. The molecule has 28 heavy (non-hydrogen) atoms. The average Bonchev–Trinajstić information content (AvgIpc) is 2.65. The number of rotatable bonds is 5. The van der Waals surface area contributed by atoms with E-state index in [1.54, 1.807) is 24.7 Å². The highest BCUT2D eigenvalue weighted by atomic mass is 16.5. The van der Waals surface area contributed by atoms with E-state index in [0.717, 1.165) is 34.0 Å². The van der Waals surface area contributed by atoms with Crippen molar-refractivity contribution in [1.82, 2.24) is 15.0 Å². The van der Waals surface area contributed by atoms with E-state index in [0.29, 0.717) is 24.5 Å². The number of carbonyl (C=O) groups is 1. The second-order valence-corrected chi connectivity index (χ2v) is 6.97. The summed E-state index contributed by atoms with van der Waals surface area (Å²) in [6, 6.07) is 5.65. The zero-order chi connectivity index (χ0) is 19.7. The lowest BCUT2D eigenvalue weighted by Crippen LogP contribution is -2.39. The number of nitrogens with zero attached hydrogens (tertiary/aromatic N) is 3. The largest absolute Gasteiger partial charge is 0.387 e. The van der Waals surface area contributed by atoms with Crippen LogP contribution >= 0.6 is 0 Å². The van der Waals surface area contributed by atoms with Crippen molar-refractivity contribution in [3.05, 3.63) is 48.0 Å². The van der Waals surface area contributed by atoms with E-state index in [1.165, 1.54) is 0 Å². The molecule has 1 aliphatic heterocycles. The Hall–Kier alpha value is -2.90. The molecule has 7 heteroatoms. The van der Waals surface area contributed by atoms with Gasteiger partial charge in [-0.25, -0.2) is 4.98 Å². The third-order valence-electron chi connectivity index (χ3n) is 4.98. The molecule has 0 spiro atoms. The predicted molar refractivity (Wildman–Crippen MR) is 106 cm³/mol. The minimum Gasteiger partial charge on any atom is -0.387 e. The molecule has 2 N–H and O–H groups in total. The van der Waals surface area contributed by atoms with Crippen molar-refractivity contribution in [2.75, 3.05) is 11.9 Å². The molecule has 4 heterocycles. The standard InChI is InChI=1S/C21H22N4O3/c1-3-18(26)17-6-12(2)15(11-23-17)16-7-13-10-24-20(8-14(13)9-22-16)25-21(27)19-4-5-28-19/h6-11,18-19,26H,3-5H2,1-2H3,(H,24,25,27)/t18-,19-/m0/s1. The number of aromatic nitrogens is 3. The Morgan fingerprint density at radius 1 is 1.21 bits per heavy atom.